The lowest BCUT2D eigenvalue weighted by molar-refractivity contribution is 0.303. The van der Waals surface area contributed by atoms with Crippen molar-refractivity contribution in [1.29, 1.82) is 0 Å². The predicted molar refractivity (Wildman–Crippen MR) is 84.7 cm³/mol. The maximum absolute atomic E-state index is 3.60. The second-order valence-corrected chi connectivity index (χ2v) is 7.71. The van der Waals surface area contributed by atoms with E-state index in [1.54, 1.807) is 0 Å². The van der Waals surface area contributed by atoms with Crippen LogP contribution in [-0.4, -0.2) is 24.5 Å². The van der Waals surface area contributed by atoms with Gasteiger partial charge < -0.3 is 10.2 Å². The van der Waals surface area contributed by atoms with Gasteiger partial charge in [0.05, 0.1) is 0 Å². The molecule has 1 aliphatic rings. The van der Waals surface area contributed by atoms with Crippen molar-refractivity contribution < 1.29 is 0 Å². The number of nitrogens with zero attached hydrogens (tertiary/aromatic N) is 1. The smallest absolute Gasteiger partial charge is 0.0302 e. The Labute approximate surface area is 122 Å². The van der Waals surface area contributed by atoms with Gasteiger partial charge in [0, 0.05) is 28.9 Å². The predicted octanol–water partition coefficient (Wildman–Crippen LogP) is 3.79. The molecular weight excluding hydrogens is 252 g/mol. The van der Waals surface area contributed by atoms with Crippen LogP contribution in [0.1, 0.15) is 48.4 Å². The van der Waals surface area contributed by atoms with E-state index >= 15 is 0 Å². The minimum absolute atomic E-state index is 0.796. The lowest BCUT2D eigenvalue weighted by Gasteiger charge is -2.17. The van der Waals surface area contributed by atoms with E-state index in [9.17, 15) is 0 Å². The topological polar surface area (TPSA) is 15.3 Å². The molecule has 1 N–H and O–H groups in total. The first-order valence-electron chi connectivity index (χ1n) is 7.54. The highest BCUT2D eigenvalue weighted by molar-refractivity contribution is 7.12. The average molecular weight is 280 g/mol. The molecule has 0 unspecified atom stereocenters. The van der Waals surface area contributed by atoms with E-state index in [0.29, 0.717) is 0 Å². The van der Waals surface area contributed by atoms with Gasteiger partial charge in [-0.15, -0.1) is 11.3 Å². The van der Waals surface area contributed by atoms with Crippen LogP contribution in [0.15, 0.2) is 6.07 Å². The average Bonchev–Trinajstić information content (AvgIpc) is 3.11. The van der Waals surface area contributed by atoms with Crippen molar-refractivity contribution in [2.24, 2.45) is 5.92 Å². The van der Waals surface area contributed by atoms with Gasteiger partial charge in [-0.2, -0.15) is 0 Å². The van der Waals surface area contributed by atoms with E-state index in [4.69, 9.17) is 0 Å². The Morgan fingerprint density at radius 3 is 2.79 bits per heavy atom. The van der Waals surface area contributed by atoms with Crippen LogP contribution in [0, 0.1) is 12.8 Å². The molecule has 3 heteroatoms. The number of rotatable bonds is 8. The molecule has 0 atom stereocenters. The monoisotopic (exact) mass is 280 g/mol. The molecule has 2 rings (SSSR count). The third-order valence-corrected chi connectivity index (χ3v) is 4.84. The molecule has 1 saturated carbocycles. The molecule has 2 nitrogen and oxygen atoms in total. The minimum atomic E-state index is 0.796. The highest BCUT2D eigenvalue weighted by atomic mass is 32.1. The summed E-state index contributed by atoms with van der Waals surface area (Å²) >= 11 is 1.96. The summed E-state index contributed by atoms with van der Waals surface area (Å²) in [4.78, 5) is 5.44. The van der Waals surface area contributed by atoms with Crippen LogP contribution in [0.4, 0.5) is 0 Å². The molecule has 108 valence electrons. The Morgan fingerprint density at radius 1 is 1.42 bits per heavy atom. The molecule has 0 aromatic carbocycles. The van der Waals surface area contributed by atoms with Crippen molar-refractivity contribution in [3.63, 3.8) is 0 Å². The number of nitrogens with one attached hydrogen (secondary N) is 1. The van der Waals surface area contributed by atoms with Gasteiger partial charge in [0.1, 0.15) is 0 Å². The third-order valence-electron chi connectivity index (χ3n) is 3.74. The van der Waals surface area contributed by atoms with Crippen molar-refractivity contribution in [2.45, 2.75) is 59.2 Å². The molecule has 0 spiro atoms. The van der Waals surface area contributed by atoms with E-state index in [0.717, 1.165) is 25.0 Å². The lowest BCUT2D eigenvalue weighted by atomic mass is 10.1. The first-order chi connectivity index (χ1) is 9.04. The summed E-state index contributed by atoms with van der Waals surface area (Å²) < 4.78 is 0. The summed E-state index contributed by atoms with van der Waals surface area (Å²) in [6.45, 7) is 10.2. The van der Waals surface area contributed by atoms with Gasteiger partial charge in [0.15, 0.2) is 0 Å². The molecule has 0 saturated heterocycles. The van der Waals surface area contributed by atoms with Gasteiger partial charge in [0.25, 0.3) is 0 Å². The van der Waals surface area contributed by atoms with Gasteiger partial charge in [-0.3, -0.25) is 0 Å². The fourth-order valence-electron chi connectivity index (χ4n) is 2.21. The first kappa shape index (κ1) is 15.0. The van der Waals surface area contributed by atoms with Crippen molar-refractivity contribution in [2.75, 3.05) is 13.6 Å². The summed E-state index contributed by atoms with van der Waals surface area (Å²) in [7, 11) is 2.24. The molecular formula is C16H28N2S. The highest BCUT2D eigenvalue weighted by Gasteiger charge is 2.20. The zero-order valence-corrected chi connectivity index (χ0v) is 13.6. The maximum Gasteiger partial charge on any atom is 0.0302 e. The van der Waals surface area contributed by atoms with Crippen LogP contribution >= 0.6 is 11.3 Å². The number of hydrogen-bond donors (Lipinski definition) is 1. The van der Waals surface area contributed by atoms with Gasteiger partial charge in [-0.1, -0.05) is 13.8 Å². The van der Waals surface area contributed by atoms with Crippen LogP contribution in [0.5, 0.6) is 0 Å². The van der Waals surface area contributed by atoms with E-state index in [-0.39, 0.29) is 0 Å². The van der Waals surface area contributed by atoms with E-state index in [2.05, 4.69) is 44.1 Å². The van der Waals surface area contributed by atoms with Crippen molar-refractivity contribution in [3.8, 4) is 0 Å². The van der Waals surface area contributed by atoms with Gasteiger partial charge in [-0.25, -0.2) is 0 Å². The zero-order chi connectivity index (χ0) is 13.8. The summed E-state index contributed by atoms with van der Waals surface area (Å²) in [6.07, 6.45) is 4.03. The molecule has 0 radical (unpaired) electrons. The quantitative estimate of drug-likeness (QED) is 0.779. The number of hydrogen-bond acceptors (Lipinski definition) is 3. The van der Waals surface area contributed by atoms with Crippen molar-refractivity contribution >= 4 is 11.3 Å². The van der Waals surface area contributed by atoms with Crippen LogP contribution in [0.3, 0.4) is 0 Å². The normalized spacial score (nSPS) is 15.7. The molecule has 1 heterocycles. The second kappa shape index (κ2) is 6.87. The lowest BCUT2D eigenvalue weighted by Crippen LogP contribution is -2.20. The minimum Gasteiger partial charge on any atom is -0.309 e. The standard InChI is InChI=1S/C16H28N2S/c1-12(2)7-8-18(4)11-14-9-16(19-13(14)3)10-17-15-5-6-15/h9,12,15,17H,5-8,10-11H2,1-4H3. The SMILES string of the molecule is Cc1sc(CNC2CC2)cc1CN(C)CCC(C)C. The Hall–Kier alpha value is -0.380. The fraction of sp³-hybridized carbons (Fsp3) is 0.750. The molecule has 0 aliphatic heterocycles. The Balaban J connectivity index is 1.81. The summed E-state index contributed by atoms with van der Waals surface area (Å²) in [5.41, 5.74) is 1.52. The summed E-state index contributed by atoms with van der Waals surface area (Å²) in [5, 5.41) is 3.60. The Morgan fingerprint density at radius 2 is 2.16 bits per heavy atom. The van der Waals surface area contributed by atoms with Crippen LogP contribution in [-0.2, 0) is 13.1 Å². The van der Waals surface area contributed by atoms with Crippen molar-refractivity contribution in [1.82, 2.24) is 10.2 Å². The molecule has 1 aromatic heterocycles. The van der Waals surface area contributed by atoms with Crippen LogP contribution in [0.2, 0.25) is 0 Å². The van der Waals surface area contributed by atoms with Gasteiger partial charge >= 0.3 is 0 Å². The largest absolute Gasteiger partial charge is 0.309 e. The van der Waals surface area contributed by atoms with Crippen molar-refractivity contribution in [3.05, 3.63) is 21.4 Å². The second-order valence-electron chi connectivity index (χ2n) is 6.37. The number of thiophene rings is 1. The molecule has 0 amide bonds. The number of aryl methyl sites for hydroxylation is 1. The first-order valence-corrected chi connectivity index (χ1v) is 8.36. The highest BCUT2D eigenvalue weighted by Crippen LogP contribution is 2.25. The third kappa shape index (κ3) is 5.25. The fourth-order valence-corrected chi connectivity index (χ4v) is 3.22. The van der Waals surface area contributed by atoms with Crippen LogP contribution < -0.4 is 5.32 Å². The maximum atomic E-state index is 3.60. The molecule has 1 aliphatic carbocycles. The van der Waals surface area contributed by atoms with Gasteiger partial charge in [0.2, 0.25) is 0 Å². The summed E-state index contributed by atoms with van der Waals surface area (Å²) in [5.74, 6) is 0.796. The molecule has 1 fully saturated rings. The zero-order valence-electron chi connectivity index (χ0n) is 12.8. The Kier molecular flexibility index (Phi) is 5.43. The summed E-state index contributed by atoms with van der Waals surface area (Å²) in [6, 6.07) is 3.21. The van der Waals surface area contributed by atoms with Crippen LogP contribution in [0.25, 0.3) is 0 Å². The van der Waals surface area contributed by atoms with E-state index < -0.39 is 0 Å². The van der Waals surface area contributed by atoms with E-state index in [1.165, 1.54) is 41.1 Å². The van der Waals surface area contributed by atoms with Gasteiger partial charge in [-0.05, 0) is 57.3 Å². The van der Waals surface area contributed by atoms with E-state index in [1.807, 2.05) is 11.3 Å². The molecule has 1 aromatic rings. The molecule has 19 heavy (non-hydrogen) atoms. The molecule has 0 bridgehead atoms. The Bertz CT molecular complexity index is 393.